The minimum atomic E-state index is -3.48. The minimum Gasteiger partial charge on any atom is -0.339 e. The van der Waals surface area contributed by atoms with Crippen molar-refractivity contribution in [2.24, 2.45) is 0 Å². The third-order valence-corrected chi connectivity index (χ3v) is 8.87. The molecule has 0 atom stereocenters. The van der Waals surface area contributed by atoms with Gasteiger partial charge in [0.1, 0.15) is 0 Å². The Labute approximate surface area is 195 Å². The van der Waals surface area contributed by atoms with Crippen LogP contribution in [0.3, 0.4) is 0 Å². The Balaban J connectivity index is 1.33. The summed E-state index contributed by atoms with van der Waals surface area (Å²) in [6, 6.07) is 11.2. The number of likely N-dealkylation sites (tertiary alicyclic amines) is 1. The molecular weight excluding hydrogens is 436 g/mol. The number of aromatic nitrogens is 2. The zero-order valence-corrected chi connectivity index (χ0v) is 19.8. The lowest BCUT2D eigenvalue weighted by Crippen LogP contribution is -2.37. The maximum Gasteiger partial charge on any atom is 0.257 e. The Hall–Kier alpha value is -2.71. The van der Waals surface area contributed by atoms with Gasteiger partial charge in [0, 0.05) is 32.4 Å². The zero-order chi connectivity index (χ0) is 23.0. The molecule has 0 saturated carbocycles. The SMILES string of the molecule is Cc1cccc(S(=O)(=O)N2CCC(c3ccn4ncc(C(=O)N5CCCCC5)c4c3)CC2)c1. The molecule has 8 heteroatoms. The van der Waals surface area contributed by atoms with Crippen molar-refractivity contribution in [2.45, 2.75) is 49.8 Å². The molecule has 0 N–H and O–H groups in total. The second-order valence-corrected chi connectivity index (χ2v) is 11.1. The molecule has 4 heterocycles. The zero-order valence-electron chi connectivity index (χ0n) is 19.0. The first-order valence-electron chi connectivity index (χ1n) is 11.8. The third kappa shape index (κ3) is 4.29. The number of nitrogens with zero attached hydrogens (tertiary/aromatic N) is 4. The number of aryl methyl sites for hydroxylation is 1. The van der Waals surface area contributed by atoms with Crippen molar-refractivity contribution in [3.63, 3.8) is 0 Å². The molecule has 0 unspecified atom stereocenters. The first-order chi connectivity index (χ1) is 15.9. The van der Waals surface area contributed by atoms with Crippen molar-refractivity contribution in [1.29, 1.82) is 0 Å². The highest BCUT2D eigenvalue weighted by molar-refractivity contribution is 7.89. The molecule has 3 aromatic rings. The van der Waals surface area contributed by atoms with Crippen LogP contribution in [0.1, 0.15) is 59.5 Å². The van der Waals surface area contributed by atoms with Crippen molar-refractivity contribution in [3.8, 4) is 0 Å². The smallest absolute Gasteiger partial charge is 0.257 e. The number of pyridine rings is 1. The fourth-order valence-corrected chi connectivity index (χ4v) is 6.61. The fraction of sp³-hybridized carbons (Fsp3) is 0.440. The number of fused-ring (bicyclic) bond motifs is 1. The average Bonchev–Trinajstić information content (AvgIpc) is 3.27. The lowest BCUT2D eigenvalue weighted by molar-refractivity contribution is 0.0726. The second kappa shape index (κ2) is 8.91. The first kappa shape index (κ1) is 22.1. The quantitative estimate of drug-likeness (QED) is 0.586. The molecule has 0 bridgehead atoms. The summed E-state index contributed by atoms with van der Waals surface area (Å²) in [5, 5.41) is 4.39. The summed E-state index contributed by atoms with van der Waals surface area (Å²) in [7, 11) is -3.48. The van der Waals surface area contributed by atoms with E-state index in [9.17, 15) is 13.2 Å². The van der Waals surface area contributed by atoms with E-state index in [0.29, 0.717) is 23.5 Å². The third-order valence-electron chi connectivity index (χ3n) is 6.97. The Kier molecular flexibility index (Phi) is 5.97. The van der Waals surface area contributed by atoms with E-state index in [-0.39, 0.29) is 11.8 Å². The number of carbonyl (C=O) groups is 1. The van der Waals surface area contributed by atoms with Crippen LogP contribution in [-0.4, -0.2) is 59.3 Å². The number of sulfonamides is 1. The van der Waals surface area contributed by atoms with Crippen LogP contribution >= 0.6 is 0 Å². The van der Waals surface area contributed by atoms with Crippen molar-refractivity contribution in [1.82, 2.24) is 18.8 Å². The number of hydrogen-bond donors (Lipinski definition) is 0. The molecule has 1 aromatic carbocycles. The molecule has 2 aliphatic rings. The van der Waals surface area contributed by atoms with Crippen molar-refractivity contribution in [3.05, 3.63) is 65.5 Å². The van der Waals surface area contributed by atoms with E-state index in [1.54, 1.807) is 33.2 Å². The molecule has 2 saturated heterocycles. The molecule has 2 aromatic heterocycles. The lowest BCUT2D eigenvalue weighted by atomic mass is 9.90. The van der Waals surface area contributed by atoms with Crippen LogP contribution in [0.2, 0.25) is 0 Å². The van der Waals surface area contributed by atoms with Crippen LogP contribution in [-0.2, 0) is 10.0 Å². The number of piperidine rings is 2. The molecule has 0 radical (unpaired) electrons. The molecule has 1 amide bonds. The van der Waals surface area contributed by atoms with Gasteiger partial charge in [-0.25, -0.2) is 12.9 Å². The topological polar surface area (TPSA) is 75.0 Å². The summed E-state index contributed by atoms with van der Waals surface area (Å²) in [4.78, 5) is 15.4. The fourth-order valence-electron chi connectivity index (χ4n) is 5.04. The highest BCUT2D eigenvalue weighted by Crippen LogP contribution is 2.32. The summed E-state index contributed by atoms with van der Waals surface area (Å²) < 4.78 is 29.5. The number of amides is 1. The number of rotatable bonds is 4. The van der Waals surface area contributed by atoms with Crippen LogP contribution in [0.15, 0.2) is 53.7 Å². The van der Waals surface area contributed by atoms with Gasteiger partial charge in [-0.05, 0) is 80.3 Å². The van der Waals surface area contributed by atoms with E-state index in [0.717, 1.165) is 55.4 Å². The molecular formula is C25H30N4O3S. The highest BCUT2D eigenvalue weighted by Gasteiger charge is 2.30. The molecule has 5 rings (SSSR count). The predicted octanol–water partition coefficient (Wildman–Crippen LogP) is 3.84. The van der Waals surface area contributed by atoms with Gasteiger partial charge in [-0.3, -0.25) is 4.79 Å². The molecule has 2 fully saturated rings. The van der Waals surface area contributed by atoms with E-state index in [4.69, 9.17) is 0 Å². The molecule has 7 nitrogen and oxygen atoms in total. The number of benzene rings is 1. The van der Waals surface area contributed by atoms with Gasteiger partial charge in [0.05, 0.1) is 22.2 Å². The first-order valence-corrected chi connectivity index (χ1v) is 13.2. The van der Waals surface area contributed by atoms with Gasteiger partial charge in [-0.1, -0.05) is 12.1 Å². The summed E-state index contributed by atoms with van der Waals surface area (Å²) >= 11 is 0. The van der Waals surface area contributed by atoms with Gasteiger partial charge in [0.15, 0.2) is 0 Å². The average molecular weight is 467 g/mol. The van der Waals surface area contributed by atoms with Crippen LogP contribution < -0.4 is 0 Å². The largest absolute Gasteiger partial charge is 0.339 e. The van der Waals surface area contributed by atoms with Gasteiger partial charge >= 0.3 is 0 Å². The standard InChI is InChI=1S/C25H30N4O3S/c1-19-6-5-7-22(16-19)33(31,32)28-13-8-20(9-14-28)21-10-15-29-24(17-21)23(18-26-29)25(30)27-11-3-2-4-12-27/h5-7,10,15-18,20H,2-4,8-9,11-14H2,1H3. The monoisotopic (exact) mass is 466 g/mol. The van der Waals surface area contributed by atoms with Gasteiger partial charge in [-0.2, -0.15) is 9.40 Å². The molecule has 2 aliphatic heterocycles. The number of carbonyl (C=O) groups excluding carboxylic acids is 1. The molecule has 0 spiro atoms. The van der Waals surface area contributed by atoms with E-state index in [1.165, 1.54) is 6.42 Å². The van der Waals surface area contributed by atoms with Crippen molar-refractivity contribution >= 4 is 21.4 Å². The maximum absolute atomic E-state index is 13.1. The van der Waals surface area contributed by atoms with E-state index < -0.39 is 10.0 Å². The number of hydrogen-bond acceptors (Lipinski definition) is 4. The van der Waals surface area contributed by atoms with Gasteiger partial charge < -0.3 is 4.90 Å². The van der Waals surface area contributed by atoms with Crippen LogP contribution in [0.25, 0.3) is 5.52 Å². The predicted molar refractivity (Wildman–Crippen MR) is 127 cm³/mol. The van der Waals surface area contributed by atoms with Crippen molar-refractivity contribution in [2.75, 3.05) is 26.2 Å². The molecule has 174 valence electrons. The van der Waals surface area contributed by atoms with E-state index in [2.05, 4.69) is 11.2 Å². The molecule has 33 heavy (non-hydrogen) atoms. The second-order valence-electron chi connectivity index (χ2n) is 9.20. The summed E-state index contributed by atoms with van der Waals surface area (Å²) in [6.07, 6.45) is 8.39. The Morgan fingerprint density at radius 1 is 1.00 bits per heavy atom. The summed E-state index contributed by atoms with van der Waals surface area (Å²) in [6.45, 7) is 4.51. The van der Waals surface area contributed by atoms with Gasteiger partial charge in [0.2, 0.25) is 10.0 Å². The Morgan fingerprint density at radius 3 is 2.48 bits per heavy atom. The minimum absolute atomic E-state index is 0.0564. The normalized spacial score (nSPS) is 18.6. The van der Waals surface area contributed by atoms with Crippen LogP contribution in [0.5, 0.6) is 0 Å². The highest BCUT2D eigenvalue weighted by atomic mass is 32.2. The van der Waals surface area contributed by atoms with Gasteiger partial charge in [0.25, 0.3) is 5.91 Å². The summed E-state index contributed by atoms with van der Waals surface area (Å²) in [5.74, 6) is 0.313. The van der Waals surface area contributed by atoms with E-state index >= 15 is 0 Å². The Morgan fingerprint density at radius 2 is 1.76 bits per heavy atom. The van der Waals surface area contributed by atoms with Gasteiger partial charge in [-0.15, -0.1) is 0 Å². The molecule has 0 aliphatic carbocycles. The van der Waals surface area contributed by atoms with E-state index in [1.807, 2.05) is 30.2 Å². The van der Waals surface area contributed by atoms with Crippen LogP contribution in [0.4, 0.5) is 0 Å². The maximum atomic E-state index is 13.1. The summed E-state index contributed by atoms with van der Waals surface area (Å²) in [5.41, 5.74) is 3.56. The Bertz CT molecular complexity index is 1270. The lowest BCUT2D eigenvalue weighted by Gasteiger charge is -2.31. The van der Waals surface area contributed by atoms with Crippen LogP contribution in [0, 0.1) is 6.92 Å². The van der Waals surface area contributed by atoms with Crippen molar-refractivity contribution < 1.29 is 13.2 Å².